The van der Waals surface area contributed by atoms with Crippen LogP contribution in [0.15, 0.2) is 78.9 Å². The van der Waals surface area contributed by atoms with E-state index in [1.54, 1.807) is 37.4 Å². The van der Waals surface area contributed by atoms with Crippen LogP contribution in [0.3, 0.4) is 0 Å². The third-order valence-corrected chi connectivity index (χ3v) is 3.76. The maximum Gasteiger partial charge on any atom is 0.255 e. The van der Waals surface area contributed by atoms with Gasteiger partial charge in [-0.2, -0.15) is 0 Å². The molecule has 3 aromatic carbocycles. The minimum Gasteiger partial charge on any atom is -0.491 e. The molecule has 5 heteroatoms. The summed E-state index contributed by atoms with van der Waals surface area (Å²) in [5, 5.41) is 2.90. The van der Waals surface area contributed by atoms with Gasteiger partial charge in [0.15, 0.2) is 5.75 Å². The van der Waals surface area contributed by atoms with E-state index in [1.807, 2.05) is 48.5 Å². The molecule has 0 radical (unpaired) electrons. The van der Waals surface area contributed by atoms with Gasteiger partial charge in [-0.15, -0.1) is 0 Å². The number of benzene rings is 3. The summed E-state index contributed by atoms with van der Waals surface area (Å²) in [6, 6.07) is 23.8. The van der Waals surface area contributed by atoms with Crippen LogP contribution >= 0.6 is 0 Å². The highest BCUT2D eigenvalue weighted by molar-refractivity contribution is 6.05. The largest absolute Gasteiger partial charge is 0.491 e. The van der Waals surface area contributed by atoms with Crippen molar-refractivity contribution >= 4 is 11.6 Å². The van der Waals surface area contributed by atoms with Crippen LogP contribution in [0.1, 0.15) is 10.4 Å². The fraction of sp³-hybridized carbons (Fsp3) is 0.136. The van der Waals surface area contributed by atoms with Crippen LogP contribution in [0.25, 0.3) is 0 Å². The van der Waals surface area contributed by atoms with Gasteiger partial charge >= 0.3 is 0 Å². The third kappa shape index (κ3) is 5.33. The number of nitrogens with one attached hydrogen (secondary N) is 1. The van der Waals surface area contributed by atoms with Gasteiger partial charge in [-0.1, -0.05) is 36.4 Å². The second kappa shape index (κ2) is 9.40. The number of para-hydroxylation sites is 3. The van der Waals surface area contributed by atoms with Crippen LogP contribution < -0.4 is 14.8 Å². The lowest BCUT2D eigenvalue weighted by molar-refractivity contribution is 0.102. The Morgan fingerprint density at radius 3 is 2.41 bits per heavy atom. The number of anilines is 1. The molecule has 0 saturated heterocycles. The third-order valence-electron chi connectivity index (χ3n) is 3.76. The molecule has 27 heavy (non-hydrogen) atoms. The van der Waals surface area contributed by atoms with E-state index in [9.17, 15) is 4.79 Å². The summed E-state index contributed by atoms with van der Waals surface area (Å²) >= 11 is 0. The lowest BCUT2D eigenvalue weighted by atomic mass is 10.2. The SMILES string of the molecule is COCCOc1cccc(C(=O)Nc2ccccc2Oc2ccccc2)c1. The van der Waals surface area contributed by atoms with E-state index in [0.717, 1.165) is 0 Å². The Balaban J connectivity index is 1.72. The summed E-state index contributed by atoms with van der Waals surface area (Å²) in [5.74, 6) is 1.65. The first-order chi connectivity index (χ1) is 13.3. The molecular formula is C22H21NO4. The number of amides is 1. The van der Waals surface area contributed by atoms with Gasteiger partial charge in [0.05, 0.1) is 12.3 Å². The molecule has 5 nitrogen and oxygen atoms in total. The molecule has 0 bridgehead atoms. The van der Waals surface area contributed by atoms with Crippen molar-refractivity contribution in [3.05, 3.63) is 84.4 Å². The van der Waals surface area contributed by atoms with Gasteiger partial charge < -0.3 is 19.5 Å². The Hall–Kier alpha value is -3.31. The van der Waals surface area contributed by atoms with Crippen LogP contribution in [0.2, 0.25) is 0 Å². The smallest absolute Gasteiger partial charge is 0.255 e. The number of carbonyl (C=O) groups is 1. The molecule has 0 atom stereocenters. The summed E-state index contributed by atoms with van der Waals surface area (Å²) in [4.78, 5) is 12.7. The van der Waals surface area contributed by atoms with E-state index < -0.39 is 0 Å². The first kappa shape index (κ1) is 18.5. The summed E-state index contributed by atoms with van der Waals surface area (Å²) in [6.45, 7) is 0.913. The molecular weight excluding hydrogens is 342 g/mol. The number of ether oxygens (including phenoxy) is 3. The lowest BCUT2D eigenvalue weighted by Gasteiger charge is -2.13. The molecule has 0 aliphatic carbocycles. The van der Waals surface area contributed by atoms with Crippen molar-refractivity contribution in [1.29, 1.82) is 0 Å². The average Bonchev–Trinajstić information content (AvgIpc) is 2.71. The fourth-order valence-corrected chi connectivity index (χ4v) is 2.44. The molecule has 3 aromatic rings. The predicted molar refractivity (Wildman–Crippen MR) is 105 cm³/mol. The summed E-state index contributed by atoms with van der Waals surface area (Å²) in [5.41, 5.74) is 1.09. The zero-order valence-corrected chi connectivity index (χ0v) is 15.1. The first-order valence-electron chi connectivity index (χ1n) is 8.61. The molecule has 0 saturated carbocycles. The molecule has 0 unspecified atom stereocenters. The van der Waals surface area contributed by atoms with E-state index in [2.05, 4.69) is 5.32 Å². The molecule has 1 N–H and O–H groups in total. The van der Waals surface area contributed by atoms with E-state index >= 15 is 0 Å². The molecule has 1 amide bonds. The topological polar surface area (TPSA) is 56.8 Å². The monoisotopic (exact) mass is 363 g/mol. The normalized spacial score (nSPS) is 10.3. The second-order valence-corrected chi connectivity index (χ2v) is 5.73. The number of methoxy groups -OCH3 is 1. The van der Waals surface area contributed by atoms with Crippen molar-refractivity contribution in [2.24, 2.45) is 0 Å². The molecule has 0 heterocycles. The minimum absolute atomic E-state index is 0.240. The van der Waals surface area contributed by atoms with Gasteiger partial charge in [0.25, 0.3) is 5.91 Å². The predicted octanol–water partition coefficient (Wildman–Crippen LogP) is 4.76. The Morgan fingerprint density at radius 1 is 0.852 bits per heavy atom. The number of hydrogen-bond acceptors (Lipinski definition) is 4. The molecule has 0 fully saturated rings. The highest BCUT2D eigenvalue weighted by Gasteiger charge is 2.11. The molecule has 0 aliphatic heterocycles. The maximum absolute atomic E-state index is 12.7. The Bertz CT molecular complexity index is 880. The van der Waals surface area contributed by atoms with Gasteiger partial charge in [0.1, 0.15) is 18.1 Å². The lowest BCUT2D eigenvalue weighted by Crippen LogP contribution is -2.13. The minimum atomic E-state index is -0.240. The molecule has 0 aromatic heterocycles. The van der Waals surface area contributed by atoms with Crippen molar-refractivity contribution in [3.63, 3.8) is 0 Å². The number of rotatable bonds is 8. The standard InChI is InChI=1S/C22H21NO4/c1-25-14-15-26-19-11-7-8-17(16-19)22(24)23-20-12-5-6-13-21(20)27-18-9-3-2-4-10-18/h2-13,16H,14-15H2,1H3,(H,23,24). The van der Waals surface area contributed by atoms with E-state index in [1.165, 1.54) is 0 Å². The van der Waals surface area contributed by atoms with E-state index in [0.29, 0.717) is 41.7 Å². The first-order valence-corrected chi connectivity index (χ1v) is 8.61. The van der Waals surface area contributed by atoms with E-state index in [-0.39, 0.29) is 5.91 Å². The average molecular weight is 363 g/mol. The van der Waals surface area contributed by atoms with Gasteiger partial charge in [0.2, 0.25) is 0 Å². The van der Waals surface area contributed by atoms with Crippen LogP contribution in [-0.4, -0.2) is 26.2 Å². The maximum atomic E-state index is 12.7. The number of hydrogen-bond donors (Lipinski definition) is 1. The van der Waals surface area contributed by atoms with Gasteiger partial charge in [-0.3, -0.25) is 4.79 Å². The summed E-state index contributed by atoms with van der Waals surface area (Å²) < 4.78 is 16.4. The quantitative estimate of drug-likeness (QED) is 0.587. The molecule has 0 spiro atoms. The van der Waals surface area contributed by atoms with Gasteiger partial charge in [-0.25, -0.2) is 0 Å². The van der Waals surface area contributed by atoms with Crippen molar-refractivity contribution in [3.8, 4) is 17.2 Å². The Labute approximate surface area is 158 Å². The Kier molecular flexibility index (Phi) is 6.44. The van der Waals surface area contributed by atoms with Crippen molar-refractivity contribution in [1.82, 2.24) is 0 Å². The van der Waals surface area contributed by atoms with Gasteiger partial charge in [-0.05, 0) is 42.5 Å². The van der Waals surface area contributed by atoms with Crippen LogP contribution in [-0.2, 0) is 4.74 Å². The summed E-state index contributed by atoms with van der Waals surface area (Å²) in [6.07, 6.45) is 0. The Morgan fingerprint density at radius 2 is 1.59 bits per heavy atom. The molecule has 0 aliphatic rings. The second-order valence-electron chi connectivity index (χ2n) is 5.73. The fourth-order valence-electron chi connectivity index (χ4n) is 2.44. The molecule has 138 valence electrons. The van der Waals surface area contributed by atoms with Crippen LogP contribution in [0, 0.1) is 0 Å². The highest BCUT2D eigenvalue weighted by atomic mass is 16.5. The zero-order chi connectivity index (χ0) is 18.9. The highest BCUT2D eigenvalue weighted by Crippen LogP contribution is 2.29. The molecule has 3 rings (SSSR count). The van der Waals surface area contributed by atoms with Gasteiger partial charge in [0, 0.05) is 12.7 Å². The zero-order valence-electron chi connectivity index (χ0n) is 15.1. The summed E-state index contributed by atoms with van der Waals surface area (Å²) in [7, 11) is 1.61. The number of carbonyl (C=O) groups excluding carboxylic acids is 1. The van der Waals surface area contributed by atoms with Crippen molar-refractivity contribution in [2.45, 2.75) is 0 Å². The van der Waals surface area contributed by atoms with Crippen LogP contribution in [0.4, 0.5) is 5.69 Å². The van der Waals surface area contributed by atoms with Crippen molar-refractivity contribution in [2.75, 3.05) is 25.6 Å². The van der Waals surface area contributed by atoms with Crippen molar-refractivity contribution < 1.29 is 19.0 Å². The van der Waals surface area contributed by atoms with E-state index in [4.69, 9.17) is 14.2 Å². The van der Waals surface area contributed by atoms with Crippen LogP contribution in [0.5, 0.6) is 17.2 Å².